The van der Waals surface area contributed by atoms with Crippen molar-refractivity contribution in [3.05, 3.63) is 29.3 Å². The summed E-state index contributed by atoms with van der Waals surface area (Å²) in [5, 5.41) is 2.36. The highest BCUT2D eigenvalue weighted by Gasteiger charge is 2.16. The number of esters is 1. The van der Waals surface area contributed by atoms with Crippen molar-refractivity contribution in [2.75, 3.05) is 20.8 Å². The molecular weight excluding hydrogens is 278 g/mol. The first-order valence-electron chi connectivity index (χ1n) is 6.04. The lowest BCUT2D eigenvalue weighted by Crippen LogP contribution is -2.04. The second-order valence-electron chi connectivity index (χ2n) is 3.82. The molecule has 0 N–H and O–H groups in total. The van der Waals surface area contributed by atoms with Crippen molar-refractivity contribution in [3.8, 4) is 22.1 Å². The zero-order chi connectivity index (χ0) is 14.5. The van der Waals surface area contributed by atoms with Gasteiger partial charge in [0.1, 0.15) is 16.5 Å². The van der Waals surface area contributed by atoms with Gasteiger partial charge in [0.05, 0.1) is 26.4 Å². The topological polar surface area (TPSA) is 57.7 Å². The number of thiazole rings is 1. The number of benzene rings is 1. The second-order valence-corrected chi connectivity index (χ2v) is 4.68. The molecule has 2 rings (SSSR count). The number of aromatic nitrogens is 1. The number of rotatable bonds is 5. The van der Waals surface area contributed by atoms with Crippen molar-refractivity contribution in [2.24, 2.45) is 0 Å². The van der Waals surface area contributed by atoms with Gasteiger partial charge in [0.2, 0.25) is 0 Å². The minimum Gasteiger partial charge on any atom is -0.497 e. The molecule has 106 valence electrons. The maximum Gasteiger partial charge on any atom is 0.357 e. The third kappa shape index (κ3) is 2.91. The Morgan fingerprint density at radius 3 is 2.75 bits per heavy atom. The van der Waals surface area contributed by atoms with Crippen molar-refractivity contribution in [1.29, 1.82) is 0 Å². The average Bonchev–Trinajstić information content (AvgIpc) is 2.96. The fourth-order valence-electron chi connectivity index (χ4n) is 1.68. The van der Waals surface area contributed by atoms with Crippen molar-refractivity contribution < 1.29 is 19.0 Å². The first-order chi connectivity index (χ1) is 9.69. The summed E-state index contributed by atoms with van der Waals surface area (Å²) < 4.78 is 15.4. The predicted molar refractivity (Wildman–Crippen MR) is 76.6 cm³/mol. The predicted octanol–water partition coefficient (Wildman–Crippen LogP) is 3.00. The van der Waals surface area contributed by atoms with E-state index in [1.165, 1.54) is 11.3 Å². The van der Waals surface area contributed by atoms with Gasteiger partial charge in [-0.1, -0.05) is 0 Å². The summed E-state index contributed by atoms with van der Waals surface area (Å²) in [6, 6.07) is 5.44. The molecule has 6 heteroatoms. The molecule has 0 saturated heterocycles. The SMILES string of the molecule is CCOC(=O)c1csc(-c2cc(OC)ccc2OC)n1. The van der Waals surface area contributed by atoms with Gasteiger partial charge in [0.15, 0.2) is 5.69 Å². The van der Waals surface area contributed by atoms with Crippen LogP contribution < -0.4 is 9.47 Å². The van der Waals surface area contributed by atoms with Crippen LogP contribution in [0, 0.1) is 0 Å². The minimum absolute atomic E-state index is 0.303. The summed E-state index contributed by atoms with van der Waals surface area (Å²) in [6.07, 6.45) is 0. The van der Waals surface area contributed by atoms with E-state index in [-0.39, 0.29) is 0 Å². The third-order valence-corrected chi connectivity index (χ3v) is 3.50. The van der Waals surface area contributed by atoms with E-state index in [9.17, 15) is 4.79 Å². The Hall–Kier alpha value is -2.08. The molecule has 0 aliphatic rings. The van der Waals surface area contributed by atoms with Gasteiger partial charge in [-0.3, -0.25) is 0 Å². The van der Waals surface area contributed by atoms with Crippen LogP contribution in [0.25, 0.3) is 10.6 Å². The van der Waals surface area contributed by atoms with Gasteiger partial charge >= 0.3 is 5.97 Å². The quantitative estimate of drug-likeness (QED) is 0.793. The van der Waals surface area contributed by atoms with Crippen LogP contribution in [0.15, 0.2) is 23.6 Å². The molecule has 0 aliphatic carbocycles. The fourth-order valence-corrected chi connectivity index (χ4v) is 2.49. The van der Waals surface area contributed by atoms with Crippen LogP contribution in [0.4, 0.5) is 0 Å². The maximum absolute atomic E-state index is 11.6. The maximum atomic E-state index is 11.6. The van der Waals surface area contributed by atoms with E-state index >= 15 is 0 Å². The average molecular weight is 293 g/mol. The van der Waals surface area contributed by atoms with Crippen LogP contribution in [-0.4, -0.2) is 31.8 Å². The number of nitrogens with zero attached hydrogens (tertiary/aromatic N) is 1. The number of hydrogen-bond donors (Lipinski definition) is 0. The molecule has 2 aromatic rings. The molecule has 0 fully saturated rings. The van der Waals surface area contributed by atoms with Crippen molar-refractivity contribution >= 4 is 17.3 Å². The fraction of sp³-hybridized carbons (Fsp3) is 0.286. The van der Waals surface area contributed by atoms with Crippen LogP contribution >= 0.6 is 11.3 Å². The zero-order valence-electron chi connectivity index (χ0n) is 11.5. The Morgan fingerprint density at radius 2 is 2.10 bits per heavy atom. The lowest BCUT2D eigenvalue weighted by molar-refractivity contribution is 0.0520. The molecule has 5 nitrogen and oxygen atoms in total. The van der Waals surface area contributed by atoms with Gasteiger partial charge in [-0.2, -0.15) is 0 Å². The van der Waals surface area contributed by atoms with Gasteiger partial charge in [0.25, 0.3) is 0 Å². The molecule has 0 aliphatic heterocycles. The van der Waals surface area contributed by atoms with Gasteiger partial charge in [-0.05, 0) is 25.1 Å². The molecule has 0 saturated carbocycles. The lowest BCUT2D eigenvalue weighted by Gasteiger charge is -2.08. The molecule has 0 amide bonds. The standard InChI is InChI=1S/C14H15NO4S/c1-4-19-14(16)11-8-20-13(15-11)10-7-9(17-2)5-6-12(10)18-3/h5-8H,4H2,1-3H3. The van der Waals surface area contributed by atoms with E-state index in [4.69, 9.17) is 14.2 Å². The molecule has 0 spiro atoms. The number of methoxy groups -OCH3 is 2. The molecular formula is C14H15NO4S. The molecule has 1 aromatic carbocycles. The van der Waals surface area contributed by atoms with Crippen LogP contribution in [0.5, 0.6) is 11.5 Å². The number of carbonyl (C=O) groups excluding carboxylic acids is 1. The minimum atomic E-state index is -0.420. The Kier molecular flexibility index (Phi) is 4.57. The summed E-state index contributed by atoms with van der Waals surface area (Å²) in [6.45, 7) is 2.09. The van der Waals surface area contributed by atoms with Crippen LogP contribution in [-0.2, 0) is 4.74 Å². The highest BCUT2D eigenvalue weighted by Crippen LogP contribution is 2.35. The summed E-state index contributed by atoms with van der Waals surface area (Å²) in [4.78, 5) is 15.9. The highest BCUT2D eigenvalue weighted by molar-refractivity contribution is 7.13. The molecule has 0 bridgehead atoms. The summed E-state index contributed by atoms with van der Waals surface area (Å²) >= 11 is 1.36. The monoisotopic (exact) mass is 293 g/mol. The normalized spacial score (nSPS) is 10.2. The Morgan fingerprint density at radius 1 is 1.30 bits per heavy atom. The summed E-state index contributed by atoms with van der Waals surface area (Å²) in [5.41, 5.74) is 1.09. The second kappa shape index (κ2) is 6.38. The third-order valence-electron chi connectivity index (χ3n) is 2.63. The molecule has 0 unspecified atom stereocenters. The summed E-state index contributed by atoms with van der Waals surface area (Å²) in [5.74, 6) is 0.959. The van der Waals surface area contributed by atoms with E-state index in [0.717, 1.165) is 5.56 Å². The number of hydrogen-bond acceptors (Lipinski definition) is 6. The smallest absolute Gasteiger partial charge is 0.357 e. The van der Waals surface area contributed by atoms with Crippen LogP contribution in [0.1, 0.15) is 17.4 Å². The van der Waals surface area contributed by atoms with Crippen LogP contribution in [0.3, 0.4) is 0 Å². The Balaban J connectivity index is 2.38. The molecule has 1 aromatic heterocycles. The highest BCUT2D eigenvalue weighted by atomic mass is 32.1. The van der Waals surface area contributed by atoms with E-state index in [1.54, 1.807) is 32.6 Å². The first kappa shape index (κ1) is 14.3. The number of carbonyl (C=O) groups is 1. The Bertz CT molecular complexity index is 609. The lowest BCUT2D eigenvalue weighted by atomic mass is 10.2. The number of ether oxygens (including phenoxy) is 3. The largest absolute Gasteiger partial charge is 0.497 e. The molecule has 0 atom stereocenters. The van der Waals surface area contributed by atoms with Crippen LogP contribution in [0.2, 0.25) is 0 Å². The van der Waals surface area contributed by atoms with Gasteiger partial charge in [0, 0.05) is 5.38 Å². The van der Waals surface area contributed by atoms with E-state index in [1.807, 2.05) is 12.1 Å². The zero-order valence-corrected chi connectivity index (χ0v) is 12.3. The van der Waals surface area contributed by atoms with E-state index < -0.39 is 5.97 Å². The van der Waals surface area contributed by atoms with E-state index in [0.29, 0.717) is 28.8 Å². The van der Waals surface area contributed by atoms with Crippen molar-refractivity contribution in [2.45, 2.75) is 6.92 Å². The van der Waals surface area contributed by atoms with Crippen molar-refractivity contribution in [1.82, 2.24) is 4.98 Å². The van der Waals surface area contributed by atoms with Gasteiger partial charge < -0.3 is 14.2 Å². The molecule has 0 radical (unpaired) electrons. The Labute approximate surface area is 121 Å². The van der Waals surface area contributed by atoms with E-state index in [2.05, 4.69) is 4.98 Å². The first-order valence-corrected chi connectivity index (χ1v) is 6.92. The van der Waals surface area contributed by atoms with Crippen molar-refractivity contribution in [3.63, 3.8) is 0 Å². The van der Waals surface area contributed by atoms with Gasteiger partial charge in [-0.15, -0.1) is 11.3 Å². The summed E-state index contributed by atoms with van der Waals surface area (Å²) in [7, 11) is 3.18. The van der Waals surface area contributed by atoms with Gasteiger partial charge in [-0.25, -0.2) is 9.78 Å². The molecule has 20 heavy (non-hydrogen) atoms. The molecule has 1 heterocycles.